The van der Waals surface area contributed by atoms with Crippen molar-refractivity contribution < 1.29 is 31.9 Å². The van der Waals surface area contributed by atoms with E-state index in [-0.39, 0.29) is 25.5 Å². The van der Waals surface area contributed by atoms with E-state index in [2.05, 4.69) is 46.7 Å². The molecule has 0 fully saturated rings. The minimum absolute atomic E-state index is 0.0472. The third kappa shape index (κ3) is 10.1. The summed E-state index contributed by atoms with van der Waals surface area (Å²) in [4.78, 5) is 17.2. The summed E-state index contributed by atoms with van der Waals surface area (Å²) < 4.78 is 56.3. The number of unbranched alkanes of at least 4 members (excludes halogenated alkanes) is 1. The molecule has 276 valence electrons. The van der Waals surface area contributed by atoms with Gasteiger partial charge in [-0.1, -0.05) is 115 Å². The molecule has 0 bridgehead atoms. The molecule has 1 amide bonds. The van der Waals surface area contributed by atoms with Crippen LogP contribution in [0.5, 0.6) is 5.75 Å². The highest BCUT2D eigenvalue weighted by atomic mass is 19.4. The lowest BCUT2D eigenvalue weighted by atomic mass is 9.80. The molecule has 54 heavy (non-hydrogen) atoms. The second-order valence-electron chi connectivity index (χ2n) is 12.7. The number of carbonyl (C=O) groups is 1. The molecule has 6 nitrogen and oxygen atoms in total. The fraction of sp³-hybridized carbons (Fsp3) is 0.200. The molecule has 0 saturated carbocycles. The number of benzene rings is 5. The summed E-state index contributed by atoms with van der Waals surface area (Å²) in [5.41, 5.74) is 3.79. The third-order valence-electron chi connectivity index (χ3n) is 8.94. The summed E-state index contributed by atoms with van der Waals surface area (Å²) in [5.74, 6) is 0.965. The lowest BCUT2D eigenvalue weighted by Gasteiger charge is -2.36. The molecule has 5 aromatic carbocycles. The number of ether oxygens (including phenoxy) is 2. The molecule has 0 unspecified atom stereocenters. The Labute approximate surface area is 313 Å². The predicted molar refractivity (Wildman–Crippen MR) is 203 cm³/mol. The highest BCUT2D eigenvalue weighted by Crippen LogP contribution is 2.40. The second-order valence-corrected chi connectivity index (χ2v) is 12.7. The third-order valence-corrected chi connectivity index (χ3v) is 8.94. The maximum Gasteiger partial charge on any atom is 0.416 e. The van der Waals surface area contributed by atoms with E-state index in [1.54, 1.807) is 12.2 Å². The van der Waals surface area contributed by atoms with Gasteiger partial charge < -0.3 is 19.2 Å². The van der Waals surface area contributed by atoms with Crippen molar-refractivity contribution >= 4 is 18.1 Å². The van der Waals surface area contributed by atoms with Crippen LogP contribution in [0.2, 0.25) is 0 Å². The molecule has 0 aliphatic heterocycles. The molecular weight excluding hydrogens is 689 g/mol. The van der Waals surface area contributed by atoms with Crippen molar-refractivity contribution in [1.29, 1.82) is 0 Å². The van der Waals surface area contributed by atoms with Gasteiger partial charge in [0.1, 0.15) is 29.9 Å². The van der Waals surface area contributed by atoms with Crippen LogP contribution < -0.4 is 10.1 Å². The zero-order chi connectivity index (χ0) is 37.6. The van der Waals surface area contributed by atoms with Gasteiger partial charge in [0.2, 0.25) is 11.8 Å². The number of amides is 1. The monoisotopic (exact) mass is 730 g/mol. The maximum absolute atomic E-state index is 12.9. The number of hydrogen-bond acceptors (Lipinski definition) is 5. The number of nitrogens with zero attached hydrogens (tertiary/aromatic N) is 1. The van der Waals surface area contributed by atoms with E-state index in [9.17, 15) is 18.0 Å². The average molecular weight is 731 g/mol. The molecular formula is C45H41F3N2O4. The summed E-state index contributed by atoms with van der Waals surface area (Å²) >= 11 is 0. The highest BCUT2D eigenvalue weighted by Gasteiger charge is 2.37. The van der Waals surface area contributed by atoms with Gasteiger partial charge >= 0.3 is 6.18 Å². The van der Waals surface area contributed by atoms with Gasteiger partial charge in [0.25, 0.3) is 0 Å². The molecule has 0 aliphatic rings. The fourth-order valence-electron chi connectivity index (χ4n) is 6.16. The van der Waals surface area contributed by atoms with Crippen molar-refractivity contribution in [1.82, 2.24) is 10.3 Å². The van der Waals surface area contributed by atoms with E-state index in [1.807, 2.05) is 78.9 Å². The largest absolute Gasteiger partial charge is 0.487 e. The lowest BCUT2D eigenvalue weighted by Crippen LogP contribution is -2.34. The van der Waals surface area contributed by atoms with Gasteiger partial charge in [0.05, 0.1) is 18.6 Å². The van der Waals surface area contributed by atoms with Crippen LogP contribution in [-0.4, -0.2) is 24.0 Å². The van der Waals surface area contributed by atoms with Crippen molar-refractivity contribution in [2.75, 3.05) is 13.2 Å². The van der Waals surface area contributed by atoms with Gasteiger partial charge in [-0.3, -0.25) is 4.79 Å². The van der Waals surface area contributed by atoms with E-state index in [0.29, 0.717) is 29.4 Å². The number of aromatic nitrogens is 1. The van der Waals surface area contributed by atoms with Crippen LogP contribution in [0.25, 0.3) is 12.2 Å². The van der Waals surface area contributed by atoms with Gasteiger partial charge in [0, 0.05) is 12.6 Å². The number of alkyl halides is 3. The van der Waals surface area contributed by atoms with Crippen molar-refractivity contribution in [2.45, 2.75) is 44.1 Å². The van der Waals surface area contributed by atoms with Crippen molar-refractivity contribution in [3.8, 4) is 5.75 Å². The van der Waals surface area contributed by atoms with E-state index in [1.165, 1.54) is 24.0 Å². The maximum atomic E-state index is 12.9. The van der Waals surface area contributed by atoms with E-state index < -0.39 is 17.3 Å². The Kier molecular flexibility index (Phi) is 12.8. The SMILES string of the molecule is O=C(CCOC(c1ccccc1)(c1ccccc1)c1ccccc1)NCCCCc1ccc(OCc2coc(/C=C/c3ccc(C(F)(F)F)cc3)n2)cc1. The first-order chi connectivity index (χ1) is 26.3. The van der Waals surface area contributed by atoms with E-state index >= 15 is 0 Å². The summed E-state index contributed by atoms with van der Waals surface area (Å²) in [6.45, 7) is 1.04. The number of aryl methyl sites for hydroxylation is 1. The van der Waals surface area contributed by atoms with Gasteiger partial charge in [-0.2, -0.15) is 13.2 Å². The van der Waals surface area contributed by atoms with Gasteiger partial charge in [0.15, 0.2) is 0 Å². The van der Waals surface area contributed by atoms with E-state index in [4.69, 9.17) is 13.9 Å². The molecule has 0 atom stereocenters. The molecule has 6 rings (SSSR count). The molecule has 1 N–H and O–H groups in total. The Hall–Kier alpha value is -5.93. The molecule has 0 aliphatic carbocycles. The molecule has 1 aromatic heterocycles. The molecule has 6 aromatic rings. The van der Waals surface area contributed by atoms with Crippen molar-refractivity contribution in [3.63, 3.8) is 0 Å². The van der Waals surface area contributed by atoms with Crippen LogP contribution in [-0.2, 0) is 34.3 Å². The molecule has 9 heteroatoms. The van der Waals surface area contributed by atoms with Gasteiger partial charge in [-0.15, -0.1) is 0 Å². The van der Waals surface area contributed by atoms with Gasteiger partial charge in [-0.05, 0) is 77.4 Å². The Morgan fingerprint density at radius 2 is 1.30 bits per heavy atom. The first-order valence-corrected chi connectivity index (χ1v) is 17.9. The summed E-state index contributed by atoms with van der Waals surface area (Å²) in [6, 6.07) is 43.1. The average Bonchev–Trinajstić information content (AvgIpc) is 3.67. The highest BCUT2D eigenvalue weighted by molar-refractivity contribution is 5.76. The topological polar surface area (TPSA) is 73.6 Å². The van der Waals surface area contributed by atoms with Crippen LogP contribution in [0.1, 0.15) is 64.2 Å². The van der Waals surface area contributed by atoms with Crippen molar-refractivity contribution in [3.05, 3.63) is 191 Å². The Morgan fingerprint density at radius 3 is 1.87 bits per heavy atom. The smallest absolute Gasteiger partial charge is 0.416 e. The Bertz CT molecular complexity index is 1970. The minimum atomic E-state index is -4.37. The molecule has 0 spiro atoms. The Morgan fingerprint density at radius 1 is 0.704 bits per heavy atom. The van der Waals surface area contributed by atoms with Gasteiger partial charge in [-0.25, -0.2) is 4.98 Å². The normalized spacial score (nSPS) is 11.8. The van der Waals surface area contributed by atoms with Crippen molar-refractivity contribution in [2.24, 2.45) is 0 Å². The molecule has 0 saturated heterocycles. The second kappa shape index (κ2) is 18.2. The number of halogens is 3. The van der Waals surface area contributed by atoms with Crippen LogP contribution in [0.4, 0.5) is 13.2 Å². The number of hydrogen-bond donors (Lipinski definition) is 1. The van der Waals surface area contributed by atoms with Crippen LogP contribution in [0, 0.1) is 0 Å². The number of carbonyl (C=O) groups excluding carboxylic acids is 1. The Balaban J connectivity index is 0.913. The zero-order valence-corrected chi connectivity index (χ0v) is 29.7. The number of nitrogens with one attached hydrogen (secondary N) is 1. The van der Waals surface area contributed by atoms with Crippen LogP contribution in [0.15, 0.2) is 150 Å². The summed E-state index contributed by atoms with van der Waals surface area (Å²) in [6.07, 6.45) is 3.21. The zero-order valence-electron chi connectivity index (χ0n) is 29.7. The first-order valence-electron chi connectivity index (χ1n) is 17.9. The van der Waals surface area contributed by atoms with Crippen LogP contribution in [0.3, 0.4) is 0 Å². The number of oxazole rings is 1. The summed E-state index contributed by atoms with van der Waals surface area (Å²) in [7, 11) is 0. The van der Waals surface area contributed by atoms with Crippen LogP contribution >= 0.6 is 0 Å². The minimum Gasteiger partial charge on any atom is -0.487 e. The first kappa shape index (κ1) is 37.8. The quantitative estimate of drug-likeness (QED) is 0.0747. The predicted octanol–water partition coefficient (Wildman–Crippen LogP) is 10.3. The fourth-order valence-corrected chi connectivity index (χ4v) is 6.16. The summed E-state index contributed by atoms with van der Waals surface area (Å²) in [5, 5.41) is 3.05. The van der Waals surface area contributed by atoms with E-state index in [0.717, 1.165) is 48.1 Å². The standard InChI is InChI=1S/C45H41F3N2O4/c46-45(47,48)39-24-19-35(20-25-39)23-28-43-50-40(33-53-43)32-52-41-26-21-34(22-27-41)12-10-11-30-49-42(51)29-31-54-44(36-13-4-1-5-14-36,37-15-6-2-7-16-37)38-17-8-3-9-18-38/h1-9,13-28,33H,10-12,29-32H2,(H,49,51)/b28-23+. The number of rotatable bonds is 17. The molecule has 1 heterocycles. The lowest BCUT2D eigenvalue weighted by molar-refractivity contribution is -0.137. The molecule has 0 radical (unpaired) electrons.